The van der Waals surface area contributed by atoms with E-state index in [1.165, 1.54) is 138 Å². The number of hydrogen-bond acceptors (Lipinski definition) is 2. The number of rotatable bonds is 23. The highest BCUT2D eigenvalue weighted by Gasteiger charge is 2.16. The lowest BCUT2D eigenvalue weighted by Crippen LogP contribution is -2.36. The van der Waals surface area contributed by atoms with Crippen molar-refractivity contribution >= 4 is 22.5 Å². The molecule has 2 aromatic rings. The summed E-state index contributed by atoms with van der Waals surface area (Å²) in [4.78, 5) is 5.44. The second kappa shape index (κ2) is 21.0. The Hall–Kier alpha value is -1.80. The Labute approximate surface area is 243 Å². The van der Waals surface area contributed by atoms with Crippen LogP contribution in [0, 0.1) is 0 Å². The van der Waals surface area contributed by atoms with Crippen LogP contribution in [0.4, 0.5) is 5.69 Å². The average molecular weight is 535 g/mol. The van der Waals surface area contributed by atoms with Gasteiger partial charge in [0.25, 0.3) is 0 Å². The quantitative estimate of drug-likeness (QED) is 0.131. The smallest absolute Gasteiger partial charge is 0.0372 e. The molecule has 1 unspecified atom stereocenters. The molecule has 0 N–H and O–H groups in total. The van der Waals surface area contributed by atoms with Crippen molar-refractivity contribution in [3.8, 4) is 0 Å². The summed E-state index contributed by atoms with van der Waals surface area (Å²) < 4.78 is 0. The van der Waals surface area contributed by atoms with Gasteiger partial charge >= 0.3 is 0 Å². The SMILES string of the molecule is CCCCCN(CCCCC)c1ccc2cc(C=CCC(CCC)N(CCCCC)CCCCC)ccc2c1. The molecule has 2 heteroatoms. The largest absolute Gasteiger partial charge is 0.372 e. The Balaban J connectivity index is 2.09. The first kappa shape index (κ1) is 33.4. The molecule has 0 saturated heterocycles. The fraction of sp³-hybridized carbons (Fsp3) is 0.676. The highest BCUT2D eigenvalue weighted by molar-refractivity contribution is 5.87. The summed E-state index contributed by atoms with van der Waals surface area (Å²) in [6.07, 6.45) is 24.3. The van der Waals surface area contributed by atoms with Crippen molar-refractivity contribution in [2.24, 2.45) is 0 Å². The van der Waals surface area contributed by atoms with Crippen LogP contribution in [0.2, 0.25) is 0 Å². The molecule has 0 aliphatic rings. The number of hydrogen-bond donors (Lipinski definition) is 0. The van der Waals surface area contributed by atoms with Gasteiger partial charge in [-0.05, 0) is 86.1 Å². The first-order valence-corrected chi connectivity index (χ1v) is 16.9. The molecule has 0 radical (unpaired) electrons. The van der Waals surface area contributed by atoms with E-state index in [1.807, 2.05) is 0 Å². The molecule has 2 rings (SSSR count). The second-order valence-electron chi connectivity index (χ2n) is 11.7. The Morgan fingerprint density at radius 2 is 1.13 bits per heavy atom. The standard InChI is InChI=1S/C37H62N2/c1-6-11-15-27-38(28-16-12-7-2)36(20-10-5)22-19-21-33-23-24-35-32-37(26-25-34(35)31-33)39(29-17-13-8-3)30-18-14-9-4/h19,21,23-26,31-32,36H,6-18,20,22,27-30H2,1-5H3. The highest BCUT2D eigenvalue weighted by Crippen LogP contribution is 2.25. The van der Waals surface area contributed by atoms with Gasteiger partial charge in [0.1, 0.15) is 0 Å². The Morgan fingerprint density at radius 3 is 1.69 bits per heavy atom. The molecular formula is C37H62N2. The minimum Gasteiger partial charge on any atom is -0.372 e. The van der Waals surface area contributed by atoms with Gasteiger partial charge in [-0.25, -0.2) is 0 Å². The molecule has 0 aromatic heterocycles. The summed E-state index contributed by atoms with van der Waals surface area (Å²) in [5, 5.41) is 2.72. The first-order valence-electron chi connectivity index (χ1n) is 16.9. The van der Waals surface area contributed by atoms with Crippen LogP contribution in [-0.4, -0.2) is 37.1 Å². The fourth-order valence-electron chi connectivity index (χ4n) is 5.78. The van der Waals surface area contributed by atoms with Gasteiger partial charge in [-0.15, -0.1) is 0 Å². The van der Waals surface area contributed by atoms with Gasteiger partial charge in [-0.1, -0.05) is 123 Å². The van der Waals surface area contributed by atoms with Gasteiger partial charge in [-0.2, -0.15) is 0 Å². The zero-order valence-electron chi connectivity index (χ0n) is 26.5. The maximum atomic E-state index is 2.81. The van der Waals surface area contributed by atoms with Gasteiger partial charge < -0.3 is 9.80 Å². The summed E-state index contributed by atoms with van der Waals surface area (Å²) in [7, 11) is 0. The van der Waals surface area contributed by atoms with E-state index in [9.17, 15) is 0 Å². The number of anilines is 1. The summed E-state index contributed by atoms with van der Waals surface area (Å²) in [6, 6.07) is 14.8. The average Bonchev–Trinajstić information content (AvgIpc) is 2.95. The first-order chi connectivity index (χ1) is 19.2. The summed E-state index contributed by atoms with van der Waals surface area (Å²) in [5.74, 6) is 0. The zero-order valence-corrected chi connectivity index (χ0v) is 26.5. The van der Waals surface area contributed by atoms with Crippen molar-refractivity contribution in [2.45, 2.75) is 137 Å². The molecule has 0 bridgehead atoms. The Kier molecular flexibility index (Phi) is 18.0. The van der Waals surface area contributed by atoms with Crippen molar-refractivity contribution in [1.82, 2.24) is 4.90 Å². The molecule has 39 heavy (non-hydrogen) atoms. The van der Waals surface area contributed by atoms with Crippen molar-refractivity contribution in [3.05, 3.63) is 48.0 Å². The van der Waals surface area contributed by atoms with Crippen LogP contribution in [0.1, 0.15) is 136 Å². The number of unbranched alkanes of at least 4 members (excludes halogenated alkanes) is 8. The third-order valence-corrected chi connectivity index (χ3v) is 8.23. The van der Waals surface area contributed by atoms with Gasteiger partial charge in [0.05, 0.1) is 0 Å². The van der Waals surface area contributed by atoms with Crippen LogP contribution in [-0.2, 0) is 0 Å². The fourth-order valence-corrected chi connectivity index (χ4v) is 5.78. The summed E-state index contributed by atoms with van der Waals surface area (Å²) in [5.41, 5.74) is 2.73. The van der Waals surface area contributed by atoms with Gasteiger partial charge in [-0.3, -0.25) is 0 Å². The molecule has 0 spiro atoms. The maximum absolute atomic E-state index is 2.81. The van der Waals surface area contributed by atoms with E-state index in [0.29, 0.717) is 6.04 Å². The van der Waals surface area contributed by atoms with Gasteiger partial charge in [0.2, 0.25) is 0 Å². The van der Waals surface area contributed by atoms with Crippen molar-refractivity contribution in [1.29, 1.82) is 0 Å². The minimum atomic E-state index is 0.675. The van der Waals surface area contributed by atoms with E-state index < -0.39 is 0 Å². The molecule has 0 aliphatic heterocycles. The number of nitrogens with zero attached hydrogens (tertiary/aromatic N) is 2. The molecule has 2 nitrogen and oxygen atoms in total. The predicted molar refractivity (Wildman–Crippen MR) is 178 cm³/mol. The van der Waals surface area contributed by atoms with E-state index in [1.54, 1.807) is 0 Å². The van der Waals surface area contributed by atoms with Crippen LogP contribution < -0.4 is 4.90 Å². The van der Waals surface area contributed by atoms with E-state index in [4.69, 9.17) is 0 Å². The Morgan fingerprint density at radius 1 is 0.590 bits per heavy atom. The van der Waals surface area contributed by atoms with Crippen molar-refractivity contribution in [3.63, 3.8) is 0 Å². The van der Waals surface area contributed by atoms with E-state index in [0.717, 1.165) is 6.42 Å². The van der Waals surface area contributed by atoms with Crippen LogP contribution >= 0.6 is 0 Å². The molecule has 0 aliphatic carbocycles. The molecule has 0 saturated carbocycles. The van der Waals surface area contributed by atoms with E-state index in [-0.39, 0.29) is 0 Å². The molecule has 0 heterocycles. The third kappa shape index (κ3) is 12.9. The topological polar surface area (TPSA) is 6.48 Å². The molecular weight excluding hydrogens is 472 g/mol. The second-order valence-corrected chi connectivity index (χ2v) is 11.7. The zero-order chi connectivity index (χ0) is 28.1. The van der Waals surface area contributed by atoms with Crippen LogP contribution in [0.15, 0.2) is 42.5 Å². The van der Waals surface area contributed by atoms with Gasteiger partial charge in [0.15, 0.2) is 0 Å². The summed E-state index contributed by atoms with van der Waals surface area (Å²) in [6.45, 7) is 16.5. The lowest BCUT2D eigenvalue weighted by atomic mass is 10.0. The normalized spacial score (nSPS) is 12.7. The Bertz CT molecular complexity index is 881. The lowest BCUT2D eigenvalue weighted by molar-refractivity contribution is 0.179. The van der Waals surface area contributed by atoms with Crippen LogP contribution in [0.25, 0.3) is 16.8 Å². The summed E-state index contributed by atoms with van der Waals surface area (Å²) >= 11 is 0. The minimum absolute atomic E-state index is 0.675. The highest BCUT2D eigenvalue weighted by atomic mass is 15.1. The third-order valence-electron chi connectivity index (χ3n) is 8.23. The van der Waals surface area contributed by atoms with E-state index >= 15 is 0 Å². The van der Waals surface area contributed by atoms with Crippen LogP contribution in [0.3, 0.4) is 0 Å². The monoisotopic (exact) mass is 534 g/mol. The van der Waals surface area contributed by atoms with E-state index in [2.05, 4.69) is 93.0 Å². The predicted octanol–water partition coefficient (Wildman–Crippen LogP) is 11.3. The van der Waals surface area contributed by atoms with Crippen LogP contribution in [0.5, 0.6) is 0 Å². The maximum Gasteiger partial charge on any atom is 0.0372 e. The lowest BCUT2D eigenvalue weighted by Gasteiger charge is -2.31. The molecule has 1 atom stereocenters. The van der Waals surface area contributed by atoms with Crippen molar-refractivity contribution < 1.29 is 0 Å². The molecule has 2 aromatic carbocycles. The molecule has 0 fully saturated rings. The number of fused-ring (bicyclic) bond motifs is 1. The van der Waals surface area contributed by atoms with Gasteiger partial charge in [0, 0.05) is 24.8 Å². The number of benzene rings is 2. The van der Waals surface area contributed by atoms with Crippen molar-refractivity contribution in [2.75, 3.05) is 31.1 Å². The molecule has 0 amide bonds. The molecule has 220 valence electrons.